The molecule has 0 aliphatic heterocycles. The van der Waals surface area contributed by atoms with Crippen LogP contribution in [-0.4, -0.2) is 5.78 Å². The first kappa shape index (κ1) is 10.7. The van der Waals surface area contributed by atoms with Crippen LogP contribution in [0.25, 0.3) is 0 Å². The Balaban J connectivity index is 3.01. The van der Waals surface area contributed by atoms with Crippen molar-refractivity contribution in [3.63, 3.8) is 0 Å². The lowest BCUT2D eigenvalue weighted by molar-refractivity contribution is -0.116. The summed E-state index contributed by atoms with van der Waals surface area (Å²) in [5.74, 6) is 0.157. The molecular formula is C10H10BrClO. The minimum Gasteiger partial charge on any atom is -0.300 e. The van der Waals surface area contributed by atoms with E-state index in [1.54, 1.807) is 6.92 Å². The highest BCUT2D eigenvalue weighted by Gasteiger charge is 2.04. The van der Waals surface area contributed by atoms with E-state index in [9.17, 15) is 4.79 Å². The van der Waals surface area contributed by atoms with E-state index in [0.29, 0.717) is 11.4 Å². The van der Waals surface area contributed by atoms with Crippen LogP contribution in [0.1, 0.15) is 18.1 Å². The number of Topliss-reactive ketones (excluding diaryl/α,β-unsaturated/α-hetero) is 1. The number of rotatable bonds is 3. The zero-order valence-corrected chi connectivity index (χ0v) is 9.65. The van der Waals surface area contributed by atoms with Crippen LogP contribution in [-0.2, 0) is 16.5 Å². The lowest BCUT2D eigenvalue weighted by atomic mass is 10.0. The number of alkyl halides is 1. The highest BCUT2D eigenvalue weighted by molar-refractivity contribution is 9.08. The first-order valence-electron chi connectivity index (χ1n) is 3.96. The third kappa shape index (κ3) is 3.12. The smallest absolute Gasteiger partial charge is 0.134 e. The van der Waals surface area contributed by atoms with Crippen LogP contribution < -0.4 is 0 Å². The molecule has 13 heavy (non-hydrogen) atoms. The second-order valence-electron chi connectivity index (χ2n) is 2.93. The van der Waals surface area contributed by atoms with E-state index in [1.165, 1.54) is 0 Å². The van der Waals surface area contributed by atoms with Crippen molar-refractivity contribution in [2.45, 2.75) is 18.7 Å². The van der Waals surface area contributed by atoms with Crippen molar-refractivity contribution in [2.75, 3.05) is 0 Å². The van der Waals surface area contributed by atoms with Crippen molar-refractivity contribution < 1.29 is 4.79 Å². The number of carbonyl (C=O) groups excluding carboxylic acids is 1. The number of halogens is 2. The predicted octanol–water partition coefficient (Wildman–Crippen LogP) is 3.37. The van der Waals surface area contributed by atoms with Gasteiger partial charge < -0.3 is 0 Å². The first-order chi connectivity index (χ1) is 6.13. The number of hydrogen-bond donors (Lipinski definition) is 0. The molecule has 0 unspecified atom stereocenters. The molecule has 0 atom stereocenters. The Labute approximate surface area is 91.2 Å². The van der Waals surface area contributed by atoms with E-state index in [-0.39, 0.29) is 5.78 Å². The van der Waals surface area contributed by atoms with Gasteiger partial charge in [0.05, 0.1) is 0 Å². The van der Waals surface area contributed by atoms with E-state index in [2.05, 4.69) is 15.9 Å². The molecule has 0 amide bonds. The Morgan fingerprint density at radius 2 is 2.15 bits per heavy atom. The van der Waals surface area contributed by atoms with Crippen LogP contribution in [0.5, 0.6) is 0 Å². The summed E-state index contributed by atoms with van der Waals surface area (Å²) in [7, 11) is 0. The normalized spacial score (nSPS) is 10.1. The summed E-state index contributed by atoms with van der Waals surface area (Å²) in [4.78, 5) is 10.9. The molecule has 1 nitrogen and oxygen atoms in total. The van der Waals surface area contributed by atoms with Crippen LogP contribution in [0.15, 0.2) is 18.2 Å². The summed E-state index contributed by atoms with van der Waals surface area (Å²) < 4.78 is 0. The number of ketones is 1. The topological polar surface area (TPSA) is 17.1 Å². The molecule has 0 heterocycles. The molecule has 0 radical (unpaired) electrons. The summed E-state index contributed by atoms with van der Waals surface area (Å²) in [5, 5.41) is 1.44. The van der Waals surface area contributed by atoms with Crippen LogP contribution >= 0.6 is 27.5 Å². The third-order valence-corrected chi connectivity index (χ3v) is 2.59. The molecular weight excluding hydrogens is 251 g/mol. The monoisotopic (exact) mass is 260 g/mol. The maximum absolute atomic E-state index is 10.9. The Kier molecular flexibility index (Phi) is 3.94. The lowest BCUT2D eigenvalue weighted by Gasteiger charge is -2.05. The molecule has 0 fully saturated rings. The van der Waals surface area contributed by atoms with Gasteiger partial charge in [-0.3, -0.25) is 4.79 Å². The Bertz CT molecular complexity index is 323. The number of benzene rings is 1. The minimum atomic E-state index is 0.157. The summed E-state index contributed by atoms with van der Waals surface area (Å²) >= 11 is 9.20. The molecule has 1 rings (SSSR count). The van der Waals surface area contributed by atoms with Gasteiger partial charge in [-0.1, -0.05) is 33.6 Å². The Morgan fingerprint density at radius 1 is 1.46 bits per heavy atom. The average molecular weight is 262 g/mol. The quantitative estimate of drug-likeness (QED) is 0.763. The van der Waals surface area contributed by atoms with E-state index in [0.717, 1.165) is 16.5 Å². The van der Waals surface area contributed by atoms with Crippen molar-refractivity contribution in [1.82, 2.24) is 0 Å². The predicted molar refractivity (Wildman–Crippen MR) is 58.5 cm³/mol. The molecule has 0 bridgehead atoms. The molecule has 70 valence electrons. The molecule has 0 spiro atoms. The summed E-state index contributed by atoms with van der Waals surface area (Å²) in [6, 6.07) is 5.62. The van der Waals surface area contributed by atoms with Crippen molar-refractivity contribution in [1.29, 1.82) is 0 Å². The largest absolute Gasteiger partial charge is 0.300 e. The lowest BCUT2D eigenvalue weighted by Crippen LogP contribution is -1.99. The van der Waals surface area contributed by atoms with Gasteiger partial charge in [-0.25, -0.2) is 0 Å². The van der Waals surface area contributed by atoms with Crippen LogP contribution in [0.3, 0.4) is 0 Å². The zero-order chi connectivity index (χ0) is 9.84. The maximum atomic E-state index is 10.9. The highest BCUT2D eigenvalue weighted by atomic mass is 79.9. The third-order valence-electron chi connectivity index (χ3n) is 1.75. The van der Waals surface area contributed by atoms with Crippen molar-refractivity contribution >= 4 is 33.3 Å². The van der Waals surface area contributed by atoms with Crippen LogP contribution in [0.2, 0.25) is 5.02 Å². The van der Waals surface area contributed by atoms with Crippen LogP contribution in [0, 0.1) is 0 Å². The number of hydrogen-bond acceptors (Lipinski definition) is 1. The molecule has 0 aliphatic rings. The van der Waals surface area contributed by atoms with Gasteiger partial charge in [-0.05, 0) is 30.2 Å². The van der Waals surface area contributed by atoms with Crippen molar-refractivity contribution in [2.24, 2.45) is 0 Å². The van der Waals surface area contributed by atoms with Crippen molar-refractivity contribution in [3.8, 4) is 0 Å². The van der Waals surface area contributed by atoms with Gasteiger partial charge in [0.15, 0.2) is 0 Å². The van der Waals surface area contributed by atoms with E-state index in [1.807, 2.05) is 18.2 Å². The molecule has 0 aromatic heterocycles. The Hall–Kier alpha value is -0.340. The summed E-state index contributed by atoms with van der Waals surface area (Å²) in [5.41, 5.74) is 2.14. The second-order valence-corrected chi connectivity index (χ2v) is 3.92. The summed E-state index contributed by atoms with van der Waals surface area (Å²) in [6.07, 6.45) is 0.460. The fraction of sp³-hybridized carbons (Fsp3) is 0.300. The molecule has 0 aliphatic carbocycles. The van der Waals surface area contributed by atoms with Gasteiger partial charge in [0, 0.05) is 16.8 Å². The SMILES string of the molecule is CC(=O)Cc1cc(Cl)ccc1CBr. The number of carbonyl (C=O) groups is 1. The molecule has 0 saturated carbocycles. The van der Waals surface area contributed by atoms with Gasteiger partial charge >= 0.3 is 0 Å². The molecule has 1 aromatic carbocycles. The van der Waals surface area contributed by atoms with E-state index in [4.69, 9.17) is 11.6 Å². The molecule has 0 saturated heterocycles. The standard InChI is InChI=1S/C10H10BrClO/c1-7(13)4-9-5-10(12)3-2-8(9)6-11/h2-3,5H,4,6H2,1H3. The molecule has 1 aromatic rings. The van der Waals surface area contributed by atoms with Gasteiger partial charge in [-0.2, -0.15) is 0 Å². The summed E-state index contributed by atoms with van der Waals surface area (Å²) in [6.45, 7) is 1.58. The van der Waals surface area contributed by atoms with Gasteiger partial charge in [-0.15, -0.1) is 0 Å². The fourth-order valence-corrected chi connectivity index (χ4v) is 1.90. The molecule has 3 heteroatoms. The van der Waals surface area contributed by atoms with Crippen molar-refractivity contribution in [3.05, 3.63) is 34.3 Å². The Morgan fingerprint density at radius 3 is 2.69 bits per heavy atom. The van der Waals surface area contributed by atoms with Gasteiger partial charge in [0.25, 0.3) is 0 Å². The second kappa shape index (κ2) is 4.77. The minimum absolute atomic E-state index is 0.157. The fourth-order valence-electron chi connectivity index (χ4n) is 1.16. The van der Waals surface area contributed by atoms with Crippen LogP contribution in [0.4, 0.5) is 0 Å². The molecule has 0 N–H and O–H groups in total. The van der Waals surface area contributed by atoms with Gasteiger partial charge in [0.1, 0.15) is 5.78 Å². The van der Waals surface area contributed by atoms with E-state index < -0.39 is 0 Å². The van der Waals surface area contributed by atoms with Gasteiger partial charge in [0.2, 0.25) is 0 Å². The van der Waals surface area contributed by atoms with E-state index >= 15 is 0 Å². The zero-order valence-electron chi connectivity index (χ0n) is 7.31. The highest BCUT2D eigenvalue weighted by Crippen LogP contribution is 2.19. The first-order valence-corrected chi connectivity index (χ1v) is 5.46. The maximum Gasteiger partial charge on any atom is 0.134 e. The average Bonchev–Trinajstić information content (AvgIpc) is 2.03.